The van der Waals surface area contributed by atoms with Crippen LogP contribution in [-0.2, 0) is 11.3 Å². The molecule has 0 spiro atoms. The van der Waals surface area contributed by atoms with Crippen molar-refractivity contribution in [2.45, 2.75) is 13.5 Å². The Morgan fingerprint density at radius 2 is 1.89 bits per heavy atom. The van der Waals surface area contributed by atoms with Gasteiger partial charge in [0.15, 0.2) is 0 Å². The van der Waals surface area contributed by atoms with Gasteiger partial charge >= 0.3 is 6.09 Å². The maximum absolute atomic E-state index is 11.3. The standard InChI is InChI=1S/C21H23N3O4/c1-3-27-21(25)23-22-14-16-15-24(20-7-5-4-6-19(16)20)12-13-28-18-10-8-17(26-2)9-11-18/h4-11,14-15H,3,12-13H2,1-2H3,(H,23,25). The Bertz CT molecular complexity index is 948. The van der Waals surface area contributed by atoms with Gasteiger partial charge in [0.1, 0.15) is 18.1 Å². The topological polar surface area (TPSA) is 74.1 Å². The van der Waals surface area contributed by atoms with Gasteiger partial charge in [0.25, 0.3) is 0 Å². The van der Waals surface area contributed by atoms with Crippen molar-refractivity contribution in [1.82, 2.24) is 9.99 Å². The van der Waals surface area contributed by atoms with E-state index in [0.29, 0.717) is 19.8 Å². The lowest BCUT2D eigenvalue weighted by Gasteiger charge is -2.09. The summed E-state index contributed by atoms with van der Waals surface area (Å²) in [6.07, 6.45) is 3.02. The molecule has 0 saturated carbocycles. The second kappa shape index (κ2) is 9.45. The number of hydrogen-bond acceptors (Lipinski definition) is 5. The molecule has 146 valence electrons. The summed E-state index contributed by atoms with van der Waals surface area (Å²) in [4.78, 5) is 11.3. The van der Waals surface area contributed by atoms with Crippen molar-refractivity contribution in [2.75, 3.05) is 20.3 Å². The number of benzene rings is 2. The molecule has 1 N–H and O–H groups in total. The molecule has 0 atom stereocenters. The molecule has 0 aliphatic carbocycles. The number of hydrazone groups is 1. The summed E-state index contributed by atoms with van der Waals surface area (Å²) in [5.74, 6) is 1.58. The summed E-state index contributed by atoms with van der Waals surface area (Å²) in [7, 11) is 1.64. The van der Waals surface area contributed by atoms with Crippen molar-refractivity contribution in [3.05, 3.63) is 60.3 Å². The van der Waals surface area contributed by atoms with Crippen molar-refractivity contribution < 1.29 is 19.0 Å². The van der Waals surface area contributed by atoms with E-state index in [0.717, 1.165) is 28.0 Å². The molecule has 0 radical (unpaired) electrons. The number of hydrogen-bond donors (Lipinski definition) is 1. The fraction of sp³-hybridized carbons (Fsp3) is 0.238. The van der Waals surface area contributed by atoms with E-state index in [1.807, 2.05) is 54.7 Å². The smallest absolute Gasteiger partial charge is 0.427 e. The minimum Gasteiger partial charge on any atom is -0.497 e. The van der Waals surface area contributed by atoms with E-state index in [-0.39, 0.29) is 0 Å². The van der Waals surface area contributed by atoms with Crippen molar-refractivity contribution >= 4 is 23.2 Å². The van der Waals surface area contributed by atoms with E-state index in [4.69, 9.17) is 14.2 Å². The quantitative estimate of drug-likeness (QED) is 0.476. The molecule has 0 unspecified atom stereocenters. The van der Waals surface area contributed by atoms with Gasteiger partial charge in [-0.25, -0.2) is 10.2 Å². The molecule has 7 nitrogen and oxygen atoms in total. The molecule has 1 amide bonds. The summed E-state index contributed by atoms with van der Waals surface area (Å²) in [6, 6.07) is 15.5. The largest absolute Gasteiger partial charge is 0.497 e. The SMILES string of the molecule is CCOC(=O)NN=Cc1cn(CCOc2ccc(OC)cc2)c2ccccc12. The highest BCUT2D eigenvalue weighted by Crippen LogP contribution is 2.21. The predicted molar refractivity (Wildman–Crippen MR) is 108 cm³/mol. The number of methoxy groups -OCH3 is 1. The van der Waals surface area contributed by atoms with Gasteiger partial charge in [0.2, 0.25) is 0 Å². The number of rotatable bonds is 8. The molecule has 1 aromatic heterocycles. The molecule has 0 bridgehead atoms. The maximum Gasteiger partial charge on any atom is 0.427 e. The second-order valence-corrected chi connectivity index (χ2v) is 5.91. The highest BCUT2D eigenvalue weighted by molar-refractivity contribution is 5.99. The summed E-state index contributed by atoms with van der Waals surface area (Å²) in [6.45, 7) is 3.23. The van der Waals surface area contributed by atoms with Crippen LogP contribution >= 0.6 is 0 Å². The van der Waals surface area contributed by atoms with E-state index in [9.17, 15) is 4.79 Å². The minimum absolute atomic E-state index is 0.300. The minimum atomic E-state index is -0.574. The van der Waals surface area contributed by atoms with Crippen LogP contribution in [-0.4, -0.2) is 37.2 Å². The molecule has 0 saturated heterocycles. The molecule has 7 heteroatoms. The van der Waals surface area contributed by atoms with E-state index in [1.54, 1.807) is 20.2 Å². The average molecular weight is 381 g/mol. The molecule has 0 aliphatic rings. The van der Waals surface area contributed by atoms with Gasteiger partial charge in [0, 0.05) is 22.7 Å². The Balaban J connectivity index is 1.67. The first kappa shape index (κ1) is 19.3. The zero-order valence-corrected chi connectivity index (χ0v) is 15.9. The Morgan fingerprint density at radius 1 is 1.14 bits per heavy atom. The first-order chi connectivity index (χ1) is 13.7. The van der Waals surface area contributed by atoms with E-state index < -0.39 is 6.09 Å². The Morgan fingerprint density at radius 3 is 2.64 bits per heavy atom. The van der Waals surface area contributed by atoms with Crippen LogP contribution in [0.5, 0.6) is 11.5 Å². The third-order valence-electron chi connectivity index (χ3n) is 4.11. The fourth-order valence-electron chi connectivity index (χ4n) is 2.81. The van der Waals surface area contributed by atoms with Gasteiger partial charge in [-0.3, -0.25) is 0 Å². The molecular weight excluding hydrogens is 358 g/mol. The lowest BCUT2D eigenvalue weighted by Crippen LogP contribution is -2.18. The predicted octanol–water partition coefficient (Wildman–Crippen LogP) is 3.81. The fourth-order valence-corrected chi connectivity index (χ4v) is 2.81. The Hall–Kier alpha value is -3.48. The van der Waals surface area contributed by atoms with Crippen molar-refractivity contribution in [2.24, 2.45) is 5.10 Å². The first-order valence-corrected chi connectivity index (χ1v) is 9.02. The highest BCUT2D eigenvalue weighted by atomic mass is 16.5. The number of ether oxygens (including phenoxy) is 3. The molecular formula is C21H23N3O4. The van der Waals surface area contributed by atoms with E-state index in [2.05, 4.69) is 15.1 Å². The average Bonchev–Trinajstić information content (AvgIpc) is 3.07. The molecule has 3 rings (SSSR count). The number of nitrogens with zero attached hydrogens (tertiary/aromatic N) is 2. The normalized spacial score (nSPS) is 10.9. The van der Waals surface area contributed by atoms with E-state index >= 15 is 0 Å². The summed E-state index contributed by atoms with van der Waals surface area (Å²) in [5.41, 5.74) is 4.31. The third-order valence-corrected chi connectivity index (χ3v) is 4.11. The number of para-hydroxylation sites is 1. The van der Waals surface area contributed by atoms with Gasteiger partial charge in [-0.2, -0.15) is 5.10 Å². The van der Waals surface area contributed by atoms with E-state index in [1.165, 1.54) is 0 Å². The van der Waals surface area contributed by atoms with Crippen LogP contribution < -0.4 is 14.9 Å². The van der Waals surface area contributed by atoms with Crippen LogP contribution in [0.4, 0.5) is 4.79 Å². The Labute approximate surface area is 163 Å². The molecule has 0 fully saturated rings. The van der Waals surface area contributed by atoms with Gasteiger partial charge in [-0.05, 0) is 37.3 Å². The van der Waals surface area contributed by atoms with Crippen LogP contribution in [0, 0.1) is 0 Å². The molecule has 0 aliphatic heterocycles. The van der Waals surface area contributed by atoms with Crippen molar-refractivity contribution in [1.29, 1.82) is 0 Å². The van der Waals surface area contributed by atoms with Gasteiger partial charge in [0.05, 0.1) is 26.5 Å². The molecule has 2 aromatic carbocycles. The van der Waals surface area contributed by atoms with Gasteiger partial charge in [-0.1, -0.05) is 18.2 Å². The van der Waals surface area contributed by atoms with Crippen molar-refractivity contribution in [3.63, 3.8) is 0 Å². The van der Waals surface area contributed by atoms with Crippen LogP contribution in [0.1, 0.15) is 12.5 Å². The second-order valence-electron chi connectivity index (χ2n) is 5.91. The number of amides is 1. The van der Waals surface area contributed by atoms with Gasteiger partial charge < -0.3 is 18.8 Å². The maximum atomic E-state index is 11.3. The number of aromatic nitrogens is 1. The van der Waals surface area contributed by atoms with Crippen LogP contribution in [0.2, 0.25) is 0 Å². The molecule has 28 heavy (non-hydrogen) atoms. The highest BCUT2D eigenvalue weighted by Gasteiger charge is 2.07. The number of nitrogens with one attached hydrogen (secondary N) is 1. The lowest BCUT2D eigenvalue weighted by molar-refractivity contribution is 0.152. The molecule has 3 aromatic rings. The third kappa shape index (κ3) is 4.82. The summed E-state index contributed by atoms with van der Waals surface area (Å²) in [5, 5.41) is 5.00. The monoisotopic (exact) mass is 381 g/mol. The summed E-state index contributed by atoms with van der Waals surface area (Å²) >= 11 is 0. The van der Waals surface area contributed by atoms with Crippen LogP contribution in [0.3, 0.4) is 0 Å². The Kier molecular flexibility index (Phi) is 6.51. The zero-order valence-electron chi connectivity index (χ0n) is 15.9. The summed E-state index contributed by atoms with van der Waals surface area (Å²) < 4.78 is 17.9. The number of fused-ring (bicyclic) bond motifs is 1. The molecule has 1 heterocycles. The van der Waals surface area contributed by atoms with Crippen molar-refractivity contribution in [3.8, 4) is 11.5 Å². The number of carbonyl (C=O) groups excluding carboxylic acids is 1. The van der Waals surface area contributed by atoms with Gasteiger partial charge in [-0.15, -0.1) is 0 Å². The number of carbonyl (C=O) groups is 1. The first-order valence-electron chi connectivity index (χ1n) is 9.02. The van der Waals surface area contributed by atoms with Crippen LogP contribution in [0.15, 0.2) is 59.8 Å². The zero-order chi connectivity index (χ0) is 19.8. The van der Waals surface area contributed by atoms with Crippen LogP contribution in [0.25, 0.3) is 10.9 Å². The lowest BCUT2D eigenvalue weighted by atomic mass is 10.2.